The first-order chi connectivity index (χ1) is 16.3. The first kappa shape index (κ1) is 24.4. The third-order valence-corrected chi connectivity index (χ3v) is 6.27. The molecule has 2 N–H and O–H groups in total. The third-order valence-electron chi connectivity index (χ3n) is 5.42. The quantitative estimate of drug-likeness (QED) is 0.480. The molecule has 3 aromatic rings. The van der Waals surface area contributed by atoms with Gasteiger partial charge in [-0.1, -0.05) is 30.3 Å². The van der Waals surface area contributed by atoms with E-state index in [9.17, 15) is 30.9 Å². The topological polar surface area (TPSA) is 99.1 Å². The molecule has 0 radical (unpaired) electrons. The van der Waals surface area contributed by atoms with Crippen LogP contribution in [0, 0.1) is 0 Å². The number of nitrogens with zero attached hydrogens (tertiary/aromatic N) is 2. The molecule has 0 spiro atoms. The van der Waals surface area contributed by atoms with Gasteiger partial charge in [0.2, 0.25) is 5.91 Å². The zero-order valence-corrected chi connectivity index (χ0v) is 19.4. The number of fused-ring (bicyclic) bond motifs is 1. The highest BCUT2D eigenvalue weighted by atomic mass is 32.2. The van der Waals surface area contributed by atoms with Gasteiger partial charge >= 0.3 is 6.18 Å². The van der Waals surface area contributed by atoms with Crippen LogP contribution in [0.25, 0.3) is 11.1 Å². The molecule has 1 aliphatic rings. The van der Waals surface area contributed by atoms with Crippen LogP contribution in [0.4, 0.5) is 30.2 Å². The lowest BCUT2D eigenvalue weighted by atomic mass is 9.99. The lowest BCUT2D eigenvalue weighted by molar-refractivity contribution is -0.137. The maximum absolute atomic E-state index is 13.6. The van der Waals surface area contributed by atoms with E-state index in [-0.39, 0.29) is 28.4 Å². The van der Waals surface area contributed by atoms with E-state index in [1.807, 2.05) is 0 Å². The number of halogens is 3. The second kappa shape index (κ2) is 8.82. The highest BCUT2D eigenvalue weighted by molar-refractivity contribution is 7.85. The van der Waals surface area contributed by atoms with Gasteiger partial charge in [-0.05, 0) is 47.0 Å². The molecule has 7 nitrogen and oxygen atoms in total. The minimum atomic E-state index is -4.62. The maximum Gasteiger partial charge on any atom is 0.418 e. The number of carbonyl (C=O) groups excluding carboxylic acids is 1. The molecule has 0 unspecified atom stereocenters. The van der Waals surface area contributed by atoms with Crippen molar-refractivity contribution < 1.29 is 30.9 Å². The van der Waals surface area contributed by atoms with Crippen LogP contribution >= 0.6 is 0 Å². The predicted molar refractivity (Wildman–Crippen MR) is 127 cm³/mol. The van der Waals surface area contributed by atoms with Crippen LogP contribution in [0.2, 0.25) is 0 Å². The van der Waals surface area contributed by atoms with Crippen molar-refractivity contribution in [3.05, 3.63) is 71.8 Å². The Hall–Kier alpha value is -3.70. The summed E-state index contributed by atoms with van der Waals surface area (Å²) in [6.07, 6.45) is -4.80. The highest BCUT2D eigenvalue weighted by Gasteiger charge is 2.36. The second-order valence-electron chi connectivity index (χ2n) is 8.15. The normalized spacial score (nSPS) is 14.0. The first-order valence-electron chi connectivity index (χ1n) is 10.3. The molecule has 0 bridgehead atoms. The number of aliphatic imine (C=N–C) groups is 1. The zero-order valence-electron chi connectivity index (χ0n) is 18.6. The number of nitrogens with one attached hydrogen (secondary N) is 1. The number of hydrogen-bond acceptors (Lipinski definition) is 5. The van der Waals surface area contributed by atoms with Gasteiger partial charge in [0.1, 0.15) is 0 Å². The van der Waals surface area contributed by atoms with Crippen LogP contribution in [0.3, 0.4) is 0 Å². The van der Waals surface area contributed by atoms with E-state index in [2.05, 4.69) is 10.3 Å². The van der Waals surface area contributed by atoms with Crippen LogP contribution in [0.1, 0.15) is 17.5 Å². The van der Waals surface area contributed by atoms with Crippen LogP contribution in [-0.2, 0) is 21.1 Å². The molecule has 4 rings (SSSR count). The first-order valence-corrected chi connectivity index (χ1v) is 11.8. The van der Waals surface area contributed by atoms with Crippen molar-refractivity contribution >= 4 is 38.8 Å². The number of amides is 1. The molecule has 0 saturated heterocycles. The Morgan fingerprint density at radius 2 is 1.60 bits per heavy atom. The number of benzene rings is 3. The Labute approximate surface area is 199 Å². The SMILES string of the molecule is CN(C)c1cc2c(cc1C(F)(F)F)NC(=O)CC(c1cccc(-c3cccc(S(=O)(=O)O)c3)c1)=N2. The zero-order chi connectivity index (χ0) is 25.5. The van der Waals surface area contributed by atoms with E-state index in [1.165, 1.54) is 43.3 Å². The summed E-state index contributed by atoms with van der Waals surface area (Å²) in [7, 11) is -1.42. The molecule has 1 heterocycles. The van der Waals surface area contributed by atoms with Gasteiger partial charge in [0.05, 0.1) is 39.7 Å². The van der Waals surface area contributed by atoms with Crippen molar-refractivity contribution in [2.24, 2.45) is 4.99 Å². The second-order valence-corrected chi connectivity index (χ2v) is 9.57. The fourth-order valence-corrected chi connectivity index (χ4v) is 4.31. The summed E-state index contributed by atoms with van der Waals surface area (Å²) in [5.41, 5.74) is 1.13. The van der Waals surface area contributed by atoms with Crippen LogP contribution in [0.15, 0.2) is 70.6 Å². The Kier molecular flexibility index (Phi) is 6.16. The Bertz CT molecular complexity index is 1470. The lowest BCUT2D eigenvalue weighted by Gasteiger charge is -2.21. The molecule has 3 aromatic carbocycles. The molecular weight excluding hydrogens is 483 g/mol. The minimum Gasteiger partial charge on any atom is -0.377 e. The third kappa shape index (κ3) is 5.20. The maximum atomic E-state index is 13.6. The Morgan fingerprint density at radius 3 is 2.23 bits per heavy atom. The van der Waals surface area contributed by atoms with Crippen molar-refractivity contribution in [1.29, 1.82) is 0 Å². The van der Waals surface area contributed by atoms with Gasteiger partial charge in [0.15, 0.2) is 0 Å². The van der Waals surface area contributed by atoms with Crippen molar-refractivity contribution in [2.75, 3.05) is 24.3 Å². The molecule has 182 valence electrons. The van der Waals surface area contributed by atoms with Crippen molar-refractivity contribution in [2.45, 2.75) is 17.5 Å². The fraction of sp³-hybridized carbons (Fsp3) is 0.167. The van der Waals surface area contributed by atoms with Crippen LogP contribution in [-0.4, -0.2) is 38.7 Å². The standard InChI is InChI=1S/C24H20F3N3O4S/c1-30(2)22-12-21-20(11-18(22)24(25,26)27)29-23(31)13-19(28-21)16-7-3-5-14(9-16)15-6-4-8-17(10-15)35(32,33)34/h3-12H,13H2,1-2H3,(H,29,31)(H,32,33,34). The molecule has 0 fully saturated rings. The van der Waals surface area contributed by atoms with E-state index >= 15 is 0 Å². The highest BCUT2D eigenvalue weighted by Crippen LogP contribution is 2.43. The van der Waals surface area contributed by atoms with Gasteiger partial charge in [-0.25, -0.2) is 0 Å². The Morgan fingerprint density at radius 1 is 0.971 bits per heavy atom. The molecule has 1 amide bonds. The van der Waals surface area contributed by atoms with E-state index in [0.717, 1.165) is 6.07 Å². The number of rotatable bonds is 4. The van der Waals surface area contributed by atoms with E-state index in [1.54, 1.807) is 30.3 Å². The van der Waals surface area contributed by atoms with Crippen molar-refractivity contribution in [3.63, 3.8) is 0 Å². The smallest absolute Gasteiger partial charge is 0.377 e. The molecular formula is C24H20F3N3O4S. The largest absolute Gasteiger partial charge is 0.418 e. The van der Waals surface area contributed by atoms with Gasteiger partial charge in [-0.3, -0.25) is 14.3 Å². The summed E-state index contributed by atoms with van der Waals surface area (Å²) < 4.78 is 73.1. The average molecular weight is 504 g/mol. The summed E-state index contributed by atoms with van der Waals surface area (Å²) in [4.78, 5) is 18.1. The van der Waals surface area contributed by atoms with Crippen LogP contribution < -0.4 is 10.2 Å². The number of anilines is 2. The lowest BCUT2D eigenvalue weighted by Crippen LogP contribution is -2.18. The van der Waals surface area contributed by atoms with Gasteiger partial charge < -0.3 is 10.2 Å². The molecule has 0 saturated carbocycles. The van der Waals surface area contributed by atoms with Crippen molar-refractivity contribution in [1.82, 2.24) is 0 Å². The molecule has 35 heavy (non-hydrogen) atoms. The van der Waals surface area contributed by atoms with E-state index in [0.29, 0.717) is 22.4 Å². The number of carbonyl (C=O) groups is 1. The van der Waals surface area contributed by atoms with Gasteiger partial charge in [-0.15, -0.1) is 0 Å². The average Bonchev–Trinajstić information content (AvgIpc) is 2.94. The van der Waals surface area contributed by atoms with E-state index < -0.39 is 27.8 Å². The summed E-state index contributed by atoms with van der Waals surface area (Å²) in [6.45, 7) is 0. The molecule has 0 atom stereocenters. The fourth-order valence-electron chi connectivity index (χ4n) is 3.78. The number of alkyl halides is 3. The van der Waals surface area contributed by atoms with Crippen molar-refractivity contribution in [3.8, 4) is 11.1 Å². The van der Waals surface area contributed by atoms with E-state index in [4.69, 9.17) is 0 Å². The minimum absolute atomic E-state index is 0.0417. The van der Waals surface area contributed by atoms with Crippen LogP contribution in [0.5, 0.6) is 0 Å². The Balaban J connectivity index is 1.82. The summed E-state index contributed by atoms with van der Waals surface area (Å²) >= 11 is 0. The number of hydrogen-bond donors (Lipinski definition) is 2. The monoisotopic (exact) mass is 503 g/mol. The molecule has 0 aliphatic carbocycles. The summed E-state index contributed by atoms with van der Waals surface area (Å²) in [5, 5.41) is 2.50. The molecule has 11 heteroatoms. The molecule has 1 aliphatic heterocycles. The van der Waals surface area contributed by atoms with Gasteiger partial charge in [0, 0.05) is 14.1 Å². The predicted octanol–water partition coefficient (Wildman–Crippen LogP) is 5.15. The summed E-state index contributed by atoms with van der Waals surface area (Å²) in [5.74, 6) is -0.521. The van der Waals surface area contributed by atoms with Gasteiger partial charge in [-0.2, -0.15) is 21.6 Å². The summed E-state index contributed by atoms with van der Waals surface area (Å²) in [6, 6.07) is 14.7. The van der Waals surface area contributed by atoms with Gasteiger partial charge in [0.25, 0.3) is 10.1 Å². The molecule has 0 aromatic heterocycles.